The van der Waals surface area contributed by atoms with E-state index in [1.54, 1.807) is 17.0 Å². The third kappa shape index (κ3) is 5.61. The number of halogens is 1. The van der Waals surface area contributed by atoms with Crippen LogP contribution in [0.2, 0.25) is 0 Å². The number of amides is 2. The molecule has 0 spiro atoms. The van der Waals surface area contributed by atoms with Crippen molar-refractivity contribution < 1.29 is 22.4 Å². The molecule has 0 radical (unpaired) electrons. The van der Waals surface area contributed by atoms with Gasteiger partial charge in [0.05, 0.1) is 11.4 Å². The van der Waals surface area contributed by atoms with E-state index in [2.05, 4.69) is 5.32 Å². The highest BCUT2D eigenvalue weighted by Crippen LogP contribution is 2.15. The van der Waals surface area contributed by atoms with E-state index in [1.807, 2.05) is 4.90 Å². The van der Waals surface area contributed by atoms with Crippen molar-refractivity contribution in [3.8, 4) is 0 Å². The van der Waals surface area contributed by atoms with E-state index < -0.39 is 9.84 Å². The highest BCUT2D eigenvalue weighted by atomic mass is 32.2. The summed E-state index contributed by atoms with van der Waals surface area (Å²) in [6.07, 6.45) is 1.10. The number of sulfone groups is 1. The van der Waals surface area contributed by atoms with E-state index in [4.69, 9.17) is 0 Å². The minimum Gasteiger partial charge on any atom is -0.336 e. The Labute approximate surface area is 169 Å². The Kier molecular flexibility index (Phi) is 6.29. The molecule has 154 valence electrons. The van der Waals surface area contributed by atoms with E-state index in [9.17, 15) is 22.4 Å². The fraction of sp³-hybridized carbons (Fsp3) is 0.300. The lowest BCUT2D eigenvalue weighted by atomic mass is 10.2. The quantitative estimate of drug-likeness (QED) is 0.796. The van der Waals surface area contributed by atoms with Gasteiger partial charge < -0.3 is 10.2 Å². The van der Waals surface area contributed by atoms with Crippen LogP contribution in [0.4, 0.5) is 10.1 Å². The van der Waals surface area contributed by atoms with Crippen LogP contribution in [0.3, 0.4) is 0 Å². The number of rotatable bonds is 5. The Morgan fingerprint density at radius 1 is 1.03 bits per heavy atom. The van der Waals surface area contributed by atoms with Crippen LogP contribution in [-0.4, -0.2) is 69.0 Å². The molecule has 1 aliphatic heterocycles. The molecule has 7 nitrogen and oxygen atoms in total. The van der Waals surface area contributed by atoms with Gasteiger partial charge in [-0.25, -0.2) is 12.8 Å². The summed E-state index contributed by atoms with van der Waals surface area (Å²) in [6, 6.07) is 11.5. The van der Waals surface area contributed by atoms with Gasteiger partial charge in [-0.1, -0.05) is 6.07 Å². The van der Waals surface area contributed by atoms with Gasteiger partial charge in [0.15, 0.2) is 9.84 Å². The maximum absolute atomic E-state index is 12.9. The molecule has 0 saturated carbocycles. The molecular weight excluding hydrogens is 397 g/mol. The van der Waals surface area contributed by atoms with Crippen molar-refractivity contribution in [2.75, 3.05) is 44.3 Å². The van der Waals surface area contributed by atoms with Crippen molar-refractivity contribution in [3.05, 3.63) is 59.9 Å². The number of hydrogen-bond acceptors (Lipinski definition) is 5. The zero-order valence-electron chi connectivity index (χ0n) is 16.0. The number of benzene rings is 2. The van der Waals surface area contributed by atoms with Gasteiger partial charge in [-0.3, -0.25) is 14.5 Å². The lowest BCUT2D eigenvalue weighted by molar-refractivity contribution is -0.117. The summed E-state index contributed by atoms with van der Waals surface area (Å²) < 4.78 is 36.3. The number of nitrogens with one attached hydrogen (secondary N) is 1. The summed E-state index contributed by atoms with van der Waals surface area (Å²) in [5.41, 5.74) is 0.853. The largest absolute Gasteiger partial charge is 0.336 e. The van der Waals surface area contributed by atoms with Gasteiger partial charge in [0.25, 0.3) is 5.91 Å². The molecule has 29 heavy (non-hydrogen) atoms. The third-order valence-corrected chi connectivity index (χ3v) is 5.77. The normalized spacial score (nSPS) is 15.2. The molecule has 1 saturated heterocycles. The molecule has 1 fully saturated rings. The minimum absolute atomic E-state index is 0.111. The predicted molar refractivity (Wildman–Crippen MR) is 107 cm³/mol. The monoisotopic (exact) mass is 419 g/mol. The minimum atomic E-state index is -3.38. The summed E-state index contributed by atoms with van der Waals surface area (Å²) in [6.45, 7) is 2.09. The molecule has 0 unspecified atom stereocenters. The summed E-state index contributed by atoms with van der Waals surface area (Å²) in [7, 11) is -3.38. The predicted octanol–water partition coefficient (Wildman–Crippen LogP) is 1.63. The topological polar surface area (TPSA) is 86.8 Å². The lowest BCUT2D eigenvalue weighted by Crippen LogP contribution is -2.50. The molecule has 1 aliphatic rings. The van der Waals surface area contributed by atoms with Crippen molar-refractivity contribution in [1.82, 2.24) is 9.80 Å². The number of anilines is 1. The van der Waals surface area contributed by atoms with Gasteiger partial charge in [-0.15, -0.1) is 0 Å². The first-order valence-electron chi connectivity index (χ1n) is 9.09. The molecular formula is C20H22FN3O4S. The van der Waals surface area contributed by atoms with Crippen molar-refractivity contribution in [3.63, 3.8) is 0 Å². The zero-order valence-corrected chi connectivity index (χ0v) is 16.8. The van der Waals surface area contributed by atoms with Crippen molar-refractivity contribution in [2.24, 2.45) is 0 Å². The first-order chi connectivity index (χ1) is 13.7. The Morgan fingerprint density at radius 2 is 1.69 bits per heavy atom. The number of piperazine rings is 1. The van der Waals surface area contributed by atoms with Crippen LogP contribution in [0, 0.1) is 5.82 Å². The Bertz CT molecular complexity index is 1000. The highest BCUT2D eigenvalue weighted by Gasteiger charge is 2.24. The molecule has 9 heteroatoms. The summed E-state index contributed by atoms with van der Waals surface area (Å²) in [4.78, 5) is 28.5. The SMILES string of the molecule is CS(=O)(=O)c1cccc(C(=O)N2CCN(CC(=O)Nc3ccc(F)cc3)CC2)c1. The van der Waals surface area contributed by atoms with E-state index in [0.717, 1.165) is 6.26 Å². The highest BCUT2D eigenvalue weighted by molar-refractivity contribution is 7.90. The molecule has 2 aromatic rings. The van der Waals surface area contributed by atoms with Crippen LogP contribution in [0.5, 0.6) is 0 Å². The van der Waals surface area contributed by atoms with E-state index in [1.165, 1.54) is 36.4 Å². The van der Waals surface area contributed by atoms with Crippen molar-refractivity contribution >= 4 is 27.3 Å². The van der Waals surface area contributed by atoms with Gasteiger partial charge in [-0.05, 0) is 42.5 Å². The Morgan fingerprint density at radius 3 is 2.31 bits per heavy atom. The molecule has 0 bridgehead atoms. The molecule has 0 aliphatic carbocycles. The van der Waals surface area contributed by atoms with E-state index >= 15 is 0 Å². The molecule has 0 aromatic heterocycles. The lowest BCUT2D eigenvalue weighted by Gasteiger charge is -2.34. The van der Waals surface area contributed by atoms with E-state index in [0.29, 0.717) is 37.4 Å². The van der Waals surface area contributed by atoms with Gasteiger partial charge in [0.2, 0.25) is 5.91 Å². The summed E-state index contributed by atoms with van der Waals surface area (Å²) in [5, 5.41) is 2.71. The molecule has 2 amide bonds. The molecule has 2 aromatic carbocycles. The van der Waals surface area contributed by atoms with Crippen LogP contribution >= 0.6 is 0 Å². The number of hydrogen-bond donors (Lipinski definition) is 1. The smallest absolute Gasteiger partial charge is 0.253 e. The van der Waals surface area contributed by atoms with Gasteiger partial charge in [-0.2, -0.15) is 0 Å². The fourth-order valence-electron chi connectivity index (χ4n) is 3.09. The fourth-order valence-corrected chi connectivity index (χ4v) is 3.76. The van der Waals surface area contributed by atoms with Crippen LogP contribution in [0.15, 0.2) is 53.4 Å². The first-order valence-corrected chi connectivity index (χ1v) is 11.0. The van der Waals surface area contributed by atoms with Crippen LogP contribution in [-0.2, 0) is 14.6 Å². The molecule has 3 rings (SSSR count). The second-order valence-electron chi connectivity index (χ2n) is 6.92. The van der Waals surface area contributed by atoms with Gasteiger partial charge in [0, 0.05) is 43.7 Å². The average Bonchev–Trinajstić information content (AvgIpc) is 2.69. The van der Waals surface area contributed by atoms with Crippen LogP contribution < -0.4 is 5.32 Å². The number of carbonyl (C=O) groups is 2. The average molecular weight is 419 g/mol. The zero-order chi connectivity index (χ0) is 21.0. The molecule has 1 N–H and O–H groups in total. The van der Waals surface area contributed by atoms with Crippen molar-refractivity contribution in [1.29, 1.82) is 0 Å². The Balaban J connectivity index is 1.53. The van der Waals surface area contributed by atoms with Crippen molar-refractivity contribution in [2.45, 2.75) is 4.90 Å². The maximum atomic E-state index is 12.9. The number of carbonyl (C=O) groups excluding carboxylic acids is 2. The molecule has 0 atom stereocenters. The first kappa shape index (κ1) is 20.9. The van der Waals surface area contributed by atoms with E-state index in [-0.39, 0.29) is 29.1 Å². The standard InChI is InChI=1S/C20H22FN3O4S/c1-29(27,28)18-4-2-3-15(13-18)20(26)24-11-9-23(10-12-24)14-19(25)22-17-7-5-16(21)6-8-17/h2-8,13H,9-12,14H2,1H3,(H,22,25). The Hall–Kier alpha value is -2.78. The molecule has 1 heterocycles. The maximum Gasteiger partial charge on any atom is 0.253 e. The number of nitrogens with zero attached hydrogens (tertiary/aromatic N) is 2. The van der Waals surface area contributed by atoms with Crippen LogP contribution in [0.25, 0.3) is 0 Å². The summed E-state index contributed by atoms with van der Waals surface area (Å²) in [5.74, 6) is -0.811. The summed E-state index contributed by atoms with van der Waals surface area (Å²) >= 11 is 0. The second kappa shape index (κ2) is 8.71. The second-order valence-corrected chi connectivity index (χ2v) is 8.94. The van der Waals surface area contributed by atoms with Crippen LogP contribution in [0.1, 0.15) is 10.4 Å². The van der Waals surface area contributed by atoms with Gasteiger partial charge in [0.1, 0.15) is 5.82 Å². The van der Waals surface area contributed by atoms with Gasteiger partial charge >= 0.3 is 0 Å². The third-order valence-electron chi connectivity index (χ3n) is 4.66.